The molecule has 2 aromatic carbocycles. The number of ether oxygens (including phenoxy) is 1. The molecule has 2 aromatic heterocycles. The molecule has 348 valence electrons. The molecule has 0 spiro atoms. The van der Waals surface area contributed by atoms with Crippen molar-refractivity contribution in [3.8, 4) is 34.3 Å². The highest BCUT2D eigenvalue weighted by Gasteiger charge is 2.21. The maximum atomic E-state index is 7.06. The minimum absolute atomic E-state index is 0.802. The van der Waals surface area contributed by atoms with Gasteiger partial charge in [-0.3, -0.25) is 0 Å². The quantitative estimate of drug-likeness (QED) is 0.0345. The van der Waals surface area contributed by atoms with E-state index in [-0.39, 0.29) is 0 Å². The van der Waals surface area contributed by atoms with Gasteiger partial charge in [0.05, 0.1) is 0 Å². The van der Waals surface area contributed by atoms with E-state index in [1.54, 1.807) is 0 Å². The van der Waals surface area contributed by atoms with Crippen LogP contribution in [0.25, 0.3) is 22.8 Å². The lowest BCUT2D eigenvalue weighted by atomic mass is 10.0. The second-order valence-electron chi connectivity index (χ2n) is 20.6. The number of aryl methyl sites for hydroxylation is 4. The molecule has 0 atom stereocenters. The third kappa shape index (κ3) is 20.3. The van der Waals surface area contributed by atoms with Crippen LogP contribution in [-0.2, 0) is 25.7 Å². The van der Waals surface area contributed by atoms with E-state index in [1.165, 1.54) is 162 Å². The molecule has 0 bridgehead atoms. The topological polar surface area (TPSA) is 60.8 Å². The predicted octanol–water partition coefficient (Wildman–Crippen LogP) is 17.9. The average Bonchev–Trinajstić information content (AvgIpc) is 3.29. The summed E-state index contributed by atoms with van der Waals surface area (Å²) in [4.78, 5) is 19.6. The van der Waals surface area contributed by atoms with Gasteiger partial charge in [-0.2, -0.15) is 0 Å². The van der Waals surface area contributed by atoms with Gasteiger partial charge in [0.15, 0.2) is 11.6 Å². The Morgan fingerprint density at radius 1 is 0.381 bits per heavy atom. The van der Waals surface area contributed by atoms with Gasteiger partial charge in [0.25, 0.3) is 0 Å². The van der Waals surface area contributed by atoms with Crippen LogP contribution in [0, 0.1) is 0 Å². The molecule has 0 aliphatic heterocycles. The highest BCUT2D eigenvalue weighted by molar-refractivity contribution is 6.77. The van der Waals surface area contributed by atoms with E-state index in [4.69, 9.17) is 24.7 Å². The molecule has 0 saturated carbocycles. The number of aromatic nitrogens is 4. The summed E-state index contributed by atoms with van der Waals surface area (Å²) in [5.41, 5.74) is 7.13. The molecule has 0 aliphatic carbocycles. The Morgan fingerprint density at radius 2 is 0.714 bits per heavy atom. The van der Waals surface area contributed by atoms with Crippen LogP contribution in [0.2, 0.25) is 50.4 Å². The third-order valence-corrected chi connectivity index (χ3v) is 20.2. The van der Waals surface area contributed by atoms with Crippen molar-refractivity contribution < 1.29 is 4.74 Å². The average molecular weight is 892 g/mol. The summed E-state index contributed by atoms with van der Waals surface area (Å²) in [5.74, 6) is 3.52. The second-order valence-corrected chi connectivity index (χ2v) is 31.2. The van der Waals surface area contributed by atoms with Crippen molar-refractivity contribution >= 4 is 16.1 Å². The van der Waals surface area contributed by atoms with Crippen LogP contribution in [0.15, 0.2) is 61.2 Å². The molecule has 63 heavy (non-hydrogen) atoms. The van der Waals surface area contributed by atoms with E-state index in [9.17, 15) is 0 Å². The lowest BCUT2D eigenvalue weighted by Crippen LogP contribution is -2.24. The van der Waals surface area contributed by atoms with Gasteiger partial charge in [-0.25, -0.2) is 19.9 Å². The maximum absolute atomic E-state index is 7.06. The van der Waals surface area contributed by atoms with E-state index in [2.05, 4.69) is 115 Å². The molecule has 0 radical (unpaired) electrons. The zero-order valence-electron chi connectivity index (χ0n) is 41.8. The summed E-state index contributed by atoms with van der Waals surface area (Å²) in [7, 11) is -2.35. The molecule has 0 unspecified atom stereocenters. The molecular weight excluding hydrogens is 801 g/mol. The Balaban J connectivity index is 1.56. The van der Waals surface area contributed by atoms with Crippen molar-refractivity contribution in [2.75, 3.05) is 0 Å². The maximum Gasteiger partial charge on any atom is 0.159 e. The zero-order valence-corrected chi connectivity index (χ0v) is 43.8. The van der Waals surface area contributed by atoms with Crippen molar-refractivity contribution in [3.63, 3.8) is 0 Å². The predicted molar refractivity (Wildman–Crippen MR) is 279 cm³/mol. The normalized spacial score (nSPS) is 12.0. The molecule has 4 aromatic rings. The van der Waals surface area contributed by atoms with Crippen LogP contribution in [0.1, 0.15) is 178 Å². The monoisotopic (exact) mass is 891 g/mol. The number of nitrogens with zero attached hydrogens (tertiary/aromatic N) is 4. The SMILES string of the molecule is CCCCCCCCc1cnc(-c2ccc(Oc3ccc(-c4ncc(CCCCCCCC)cn4)cc3CCCC[Si](C)(C)CCCC)c(CCCC[Si](C)(C)CCCC)c2)nc1. The number of rotatable bonds is 34. The Morgan fingerprint density at radius 3 is 1.10 bits per heavy atom. The van der Waals surface area contributed by atoms with Gasteiger partial charge in [0.1, 0.15) is 11.5 Å². The van der Waals surface area contributed by atoms with Crippen molar-refractivity contribution in [2.45, 2.75) is 232 Å². The van der Waals surface area contributed by atoms with Crippen LogP contribution in [0.3, 0.4) is 0 Å². The van der Waals surface area contributed by atoms with Gasteiger partial charge < -0.3 is 4.74 Å². The Bertz CT molecular complexity index is 1690. The Kier molecular flexibility index (Phi) is 24.5. The van der Waals surface area contributed by atoms with Crippen LogP contribution in [-0.4, -0.2) is 36.1 Å². The van der Waals surface area contributed by atoms with Gasteiger partial charge in [-0.15, -0.1) is 0 Å². The molecule has 2 heterocycles. The first-order valence-corrected chi connectivity index (χ1v) is 33.0. The standard InChI is InChI=1S/C56H90N4OSi2/c1-9-13-17-19-21-23-29-47-43-57-55(58-44-47)51-33-35-53(49(41-51)31-25-27-39-62(5,6)37-15-11-3)61-54-36-34-52(42-50(54)32-26-28-40-63(7,8)38-16-12-4)56-59-45-48(46-60-56)30-24-22-20-18-14-10-2/h33-36,41-46H,9-32,37-40H2,1-8H3. The summed E-state index contributed by atoms with van der Waals surface area (Å²) in [6.45, 7) is 19.5. The van der Waals surface area contributed by atoms with Crippen molar-refractivity contribution in [1.82, 2.24) is 19.9 Å². The van der Waals surface area contributed by atoms with E-state index in [1.807, 2.05) is 0 Å². The molecule has 0 fully saturated rings. The third-order valence-electron chi connectivity index (χ3n) is 13.4. The summed E-state index contributed by atoms with van der Waals surface area (Å²) in [5, 5.41) is 0. The van der Waals surface area contributed by atoms with Gasteiger partial charge in [0.2, 0.25) is 0 Å². The van der Waals surface area contributed by atoms with Gasteiger partial charge in [-0.05, 0) is 110 Å². The number of benzene rings is 2. The summed E-state index contributed by atoms with van der Waals surface area (Å²) < 4.78 is 7.06. The van der Waals surface area contributed by atoms with Crippen LogP contribution < -0.4 is 4.74 Å². The van der Waals surface area contributed by atoms with Crippen molar-refractivity contribution in [1.29, 1.82) is 0 Å². The van der Waals surface area contributed by atoms with E-state index in [0.29, 0.717) is 0 Å². The first-order chi connectivity index (χ1) is 30.6. The summed E-state index contributed by atoms with van der Waals surface area (Å²) >= 11 is 0. The van der Waals surface area contributed by atoms with E-state index < -0.39 is 16.1 Å². The summed E-state index contributed by atoms with van der Waals surface area (Å²) in [6, 6.07) is 19.0. The number of hydrogen-bond acceptors (Lipinski definition) is 5. The Labute approximate surface area is 388 Å². The van der Waals surface area contributed by atoms with Gasteiger partial charge >= 0.3 is 0 Å². The molecule has 4 rings (SSSR count). The summed E-state index contributed by atoms with van der Waals surface area (Å²) in [6.07, 6.45) is 38.1. The van der Waals surface area contributed by atoms with Gasteiger partial charge in [0, 0.05) is 52.1 Å². The smallest absolute Gasteiger partial charge is 0.159 e. The first-order valence-electron chi connectivity index (χ1n) is 26.1. The molecule has 0 amide bonds. The van der Waals surface area contributed by atoms with Crippen molar-refractivity contribution in [2.24, 2.45) is 0 Å². The number of hydrogen-bond donors (Lipinski definition) is 0. The van der Waals surface area contributed by atoms with Crippen LogP contribution in [0.4, 0.5) is 0 Å². The van der Waals surface area contributed by atoms with E-state index >= 15 is 0 Å². The lowest BCUT2D eigenvalue weighted by molar-refractivity contribution is 0.468. The molecule has 7 heteroatoms. The fraction of sp³-hybridized carbons (Fsp3) is 0.643. The number of unbranched alkanes of at least 4 members (excludes halogenated alkanes) is 14. The largest absolute Gasteiger partial charge is 0.457 e. The minimum atomic E-state index is -1.18. The highest BCUT2D eigenvalue weighted by Crippen LogP contribution is 2.35. The Hall–Kier alpha value is -3.17. The zero-order chi connectivity index (χ0) is 45.2. The molecule has 0 aliphatic rings. The fourth-order valence-corrected chi connectivity index (χ4v) is 14.6. The van der Waals surface area contributed by atoms with Crippen LogP contribution in [0.5, 0.6) is 11.5 Å². The molecule has 5 nitrogen and oxygen atoms in total. The molecule has 0 N–H and O–H groups in total. The molecular formula is C56H90N4OSi2. The van der Waals surface area contributed by atoms with Gasteiger partial charge in [-0.1, -0.05) is 181 Å². The minimum Gasteiger partial charge on any atom is -0.457 e. The second kappa shape index (κ2) is 29.4. The van der Waals surface area contributed by atoms with E-state index in [0.717, 1.165) is 72.8 Å². The molecule has 0 saturated heterocycles. The van der Waals surface area contributed by atoms with Crippen LogP contribution >= 0.6 is 0 Å². The highest BCUT2D eigenvalue weighted by atomic mass is 28.3. The first kappa shape index (κ1) is 52.5. The van der Waals surface area contributed by atoms with Crippen molar-refractivity contribution in [3.05, 3.63) is 83.4 Å². The fourth-order valence-electron chi connectivity index (χ4n) is 9.03. The lowest BCUT2D eigenvalue weighted by Gasteiger charge is -2.22.